The summed E-state index contributed by atoms with van der Waals surface area (Å²) in [6.45, 7) is 0. The molecule has 0 aliphatic rings. The van der Waals surface area contributed by atoms with Crippen LogP contribution < -0.4 is 0 Å². The highest BCUT2D eigenvalue weighted by atomic mass is 16.4. The Morgan fingerprint density at radius 2 is 1.16 bits per heavy atom. The summed E-state index contributed by atoms with van der Waals surface area (Å²) in [6, 6.07) is 30.3. The fourth-order valence-corrected chi connectivity index (χ4v) is 4.59. The molecule has 6 aromatic carbocycles. The highest BCUT2D eigenvalue weighted by Crippen LogP contribution is 2.40. The zero-order valence-electron chi connectivity index (χ0n) is 16.5. The normalized spacial score (nSPS) is 11.2. The Labute approximate surface area is 178 Å². The van der Waals surface area contributed by atoms with Gasteiger partial charge in [-0.25, -0.2) is 4.79 Å². The smallest absolute Gasteiger partial charge is 0.335 e. The lowest BCUT2D eigenvalue weighted by Crippen LogP contribution is -1.94. The summed E-state index contributed by atoms with van der Waals surface area (Å²) in [7, 11) is 0. The van der Waals surface area contributed by atoms with Gasteiger partial charge in [-0.3, -0.25) is 0 Å². The van der Waals surface area contributed by atoms with E-state index in [-0.39, 0.29) is 5.56 Å². The van der Waals surface area contributed by atoms with Crippen molar-refractivity contribution in [3.05, 3.63) is 108 Å². The van der Waals surface area contributed by atoms with E-state index in [1.54, 1.807) is 24.3 Å². The van der Waals surface area contributed by atoms with Gasteiger partial charge in [0.15, 0.2) is 0 Å². The van der Waals surface area contributed by atoms with Gasteiger partial charge in [0.05, 0.1) is 5.56 Å². The van der Waals surface area contributed by atoms with E-state index < -0.39 is 5.97 Å². The van der Waals surface area contributed by atoms with E-state index in [0.717, 1.165) is 16.5 Å². The van der Waals surface area contributed by atoms with Crippen molar-refractivity contribution < 1.29 is 9.90 Å². The quantitative estimate of drug-likeness (QED) is 0.188. The van der Waals surface area contributed by atoms with Crippen LogP contribution in [0.1, 0.15) is 21.5 Å². The number of carboxylic acids is 1. The lowest BCUT2D eigenvalue weighted by Gasteiger charge is -2.14. The van der Waals surface area contributed by atoms with Crippen molar-refractivity contribution in [1.29, 1.82) is 0 Å². The molecule has 0 atom stereocenters. The number of hydrogen-bond acceptors (Lipinski definition) is 1. The van der Waals surface area contributed by atoms with Crippen molar-refractivity contribution in [2.75, 3.05) is 0 Å². The second kappa shape index (κ2) is 6.58. The van der Waals surface area contributed by atoms with Gasteiger partial charge in [0.1, 0.15) is 0 Å². The molecule has 144 valence electrons. The Morgan fingerprint density at radius 1 is 0.581 bits per heavy atom. The van der Waals surface area contributed by atoms with Crippen molar-refractivity contribution in [3.8, 4) is 11.8 Å². The first-order valence-electron chi connectivity index (χ1n) is 10.1. The molecule has 0 radical (unpaired) electrons. The van der Waals surface area contributed by atoms with Crippen molar-refractivity contribution in [2.45, 2.75) is 0 Å². The third-order valence-corrected chi connectivity index (χ3v) is 6.00. The second-order valence-corrected chi connectivity index (χ2v) is 7.73. The summed E-state index contributed by atoms with van der Waals surface area (Å²) in [5, 5.41) is 19.0. The summed E-state index contributed by atoms with van der Waals surface area (Å²) in [6.07, 6.45) is 0. The summed E-state index contributed by atoms with van der Waals surface area (Å²) in [5.41, 5.74) is 2.02. The zero-order chi connectivity index (χ0) is 20.9. The SMILES string of the molecule is O=C(O)c1ccc(C#Cc2ccc3c4cccc5cccc(c6cccc2c63)c54)cc1. The molecule has 0 saturated carbocycles. The van der Waals surface area contributed by atoms with Gasteiger partial charge in [0.2, 0.25) is 0 Å². The van der Waals surface area contributed by atoms with Crippen LogP contribution in [0.25, 0.3) is 43.1 Å². The molecule has 0 saturated heterocycles. The second-order valence-electron chi connectivity index (χ2n) is 7.73. The average molecular weight is 396 g/mol. The van der Waals surface area contributed by atoms with Crippen LogP contribution in [0.4, 0.5) is 0 Å². The van der Waals surface area contributed by atoms with Gasteiger partial charge >= 0.3 is 5.97 Å². The van der Waals surface area contributed by atoms with Gasteiger partial charge in [-0.05, 0) is 73.4 Å². The van der Waals surface area contributed by atoms with E-state index in [9.17, 15) is 4.79 Å². The van der Waals surface area contributed by atoms with Crippen LogP contribution in [0, 0.1) is 11.8 Å². The van der Waals surface area contributed by atoms with Gasteiger partial charge in [-0.15, -0.1) is 0 Å². The first-order valence-corrected chi connectivity index (χ1v) is 10.1. The summed E-state index contributed by atoms with van der Waals surface area (Å²) < 4.78 is 0. The molecule has 0 aliphatic carbocycles. The van der Waals surface area contributed by atoms with Gasteiger partial charge in [0, 0.05) is 11.1 Å². The molecule has 0 bridgehead atoms. The van der Waals surface area contributed by atoms with Crippen LogP contribution in [0.3, 0.4) is 0 Å². The van der Waals surface area contributed by atoms with Crippen LogP contribution in [0.15, 0.2) is 91.0 Å². The first kappa shape index (κ1) is 17.5. The standard InChI is InChI=1S/C29H16O2/c30-29(31)21-14-11-18(12-15-21)10-13-19-16-17-26-24-8-2-5-20-4-1-7-23(27(20)24)25-9-3-6-22(19)28(25)26/h1-9,11-12,14-17H,(H,30,31). The Hall–Kier alpha value is -4.35. The van der Waals surface area contributed by atoms with E-state index in [2.05, 4.69) is 78.6 Å². The Balaban J connectivity index is 1.61. The fraction of sp³-hybridized carbons (Fsp3) is 0. The number of aromatic carboxylic acids is 1. The Morgan fingerprint density at radius 3 is 1.84 bits per heavy atom. The molecular weight excluding hydrogens is 380 g/mol. The van der Waals surface area contributed by atoms with Gasteiger partial charge in [-0.1, -0.05) is 72.5 Å². The van der Waals surface area contributed by atoms with E-state index >= 15 is 0 Å². The molecule has 0 fully saturated rings. The molecule has 0 spiro atoms. The molecule has 2 heteroatoms. The van der Waals surface area contributed by atoms with Crippen molar-refractivity contribution in [3.63, 3.8) is 0 Å². The maximum absolute atomic E-state index is 11.1. The topological polar surface area (TPSA) is 37.3 Å². The minimum absolute atomic E-state index is 0.264. The average Bonchev–Trinajstić information content (AvgIpc) is 2.81. The van der Waals surface area contributed by atoms with E-state index in [4.69, 9.17) is 5.11 Å². The van der Waals surface area contributed by atoms with E-state index in [0.29, 0.717) is 0 Å². The minimum Gasteiger partial charge on any atom is -0.478 e. The molecule has 2 nitrogen and oxygen atoms in total. The predicted molar refractivity (Wildman–Crippen MR) is 127 cm³/mol. The highest BCUT2D eigenvalue weighted by Gasteiger charge is 2.13. The predicted octanol–water partition coefficient (Wildman–Crippen LogP) is 6.84. The number of fused-ring (bicyclic) bond motifs is 2. The molecule has 31 heavy (non-hydrogen) atoms. The molecule has 0 amide bonds. The highest BCUT2D eigenvalue weighted by molar-refractivity contribution is 6.33. The number of carbonyl (C=O) groups is 1. The molecule has 1 N–H and O–H groups in total. The van der Waals surface area contributed by atoms with E-state index in [1.807, 2.05) is 0 Å². The summed E-state index contributed by atoms with van der Waals surface area (Å²) >= 11 is 0. The van der Waals surface area contributed by atoms with Gasteiger partial charge in [0.25, 0.3) is 0 Å². The van der Waals surface area contributed by atoms with Crippen LogP contribution in [-0.4, -0.2) is 11.1 Å². The van der Waals surface area contributed by atoms with Gasteiger partial charge in [-0.2, -0.15) is 0 Å². The Kier molecular flexibility index (Phi) is 3.72. The van der Waals surface area contributed by atoms with Crippen LogP contribution in [-0.2, 0) is 0 Å². The zero-order valence-corrected chi connectivity index (χ0v) is 16.5. The molecule has 0 heterocycles. The van der Waals surface area contributed by atoms with Gasteiger partial charge < -0.3 is 5.11 Å². The summed E-state index contributed by atoms with van der Waals surface area (Å²) in [4.78, 5) is 11.1. The molecule has 6 rings (SSSR count). The molecular formula is C29H16O2. The van der Waals surface area contributed by atoms with Crippen LogP contribution in [0.2, 0.25) is 0 Å². The minimum atomic E-state index is -0.932. The number of carboxylic acid groups (broad SMARTS) is 1. The third kappa shape index (κ3) is 2.64. The monoisotopic (exact) mass is 396 g/mol. The maximum Gasteiger partial charge on any atom is 0.335 e. The summed E-state index contributed by atoms with van der Waals surface area (Å²) in [5.74, 6) is 5.56. The molecule has 0 aromatic heterocycles. The van der Waals surface area contributed by atoms with Crippen molar-refractivity contribution in [2.24, 2.45) is 0 Å². The lowest BCUT2D eigenvalue weighted by atomic mass is 9.88. The third-order valence-electron chi connectivity index (χ3n) is 6.00. The maximum atomic E-state index is 11.1. The molecule has 6 aromatic rings. The lowest BCUT2D eigenvalue weighted by molar-refractivity contribution is 0.0697. The van der Waals surface area contributed by atoms with Crippen LogP contribution in [0.5, 0.6) is 0 Å². The largest absolute Gasteiger partial charge is 0.478 e. The van der Waals surface area contributed by atoms with E-state index in [1.165, 1.54) is 37.7 Å². The van der Waals surface area contributed by atoms with Crippen molar-refractivity contribution in [1.82, 2.24) is 0 Å². The van der Waals surface area contributed by atoms with Crippen LogP contribution >= 0.6 is 0 Å². The Bertz CT molecular complexity index is 1650. The number of benzene rings is 6. The first-order chi connectivity index (χ1) is 15.2. The molecule has 0 aliphatic heterocycles. The molecule has 0 unspecified atom stereocenters. The van der Waals surface area contributed by atoms with Crippen molar-refractivity contribution >= 4 is 49.1 Å². The number of rotatable bonds is 1. The number of hydrogen-bond donors (Lipinski definition) is 1. The fourth-order valence-electron chi connectivity index (χ4n) is 4.59.